The van der Waals surface area contributed by atoms with E-state index in [0.29, 0.717) is 25.7 Å². The van der Waals surface area contributed by atoms with Gasteiger partial charge < -0.3 is 33.8 Å². The normalized spacial score (nSPS) is 14.6. The summed E-state index contributed by atoms with van der Waals surface area (Å²) in [6.07, 6.45) is 86.7. The fourth-order valence-electron chi connectivity index (χ4n) is 10.2. The second kappa shape index (κ2) is 76.1. The molecular formula is C85H142O17P2. The number of allylic oxidation sites excluding steroid dienone is 24. The molecule has 0 aliphatic heterocycles. The number of hydrogen-bond donors (Lipinski definition) is 3. The fourth-order valence-corrected chi connectivity index (χ4v) is 11.8. The van der Waals surface area contributed by atoms with Gasteiger partial charge in [-0.3, -0.25) is 37.3 Å². The Bertz CT molecular complexity index is 2540. The average molecular weight is 1500 g/mol. The van der Waals surface area contributed by atoms with Gasteiger partial charge in [-0.15, -0.1) is 0 Å². The summed E-state index contributed by atoms with van der Waals surface area (Å²) in [6, 6.07) is 0. The van der Waals surface area contributed by atoms with Crippen molar-refractivity contribution in [3.8, 4) is 0 Å². The Morgan fingerprint density at radius 2 is 0.500 bits per heavy atom. The Hall–Kier alpha value is -5.06. The molecule has 17 nitrogen and oxygen atoms in total. The van der Waals surface area contributed by atoms with Crippen LogP contribution in [0.15, 0.2) is 146 Å². The molecule has 0 spiro atoms. The Morgan fingerprint density at radius 1 is 0.279 bits per heavy atom. The van der Waals surface area contributed by atoms with Crippen LogP contribution >= 0.6 is 15.6 Å². The molecule has 0 rings (SSSR count). The summed E-state index contributed by atoms with van der Waals surface area (Å²) in [5.74, 6) is -2.26. The van der Waals surface area contributed by atoms with Crippen molar-refractivity contribution in [3.05, 3.63) is 146 Å². The first kappa shape index (κ1) is 98.9. The average Bonchev–Trinajstić information content (AvgIpc) is 0.926. The van der Waals surface area contributed by atoms with Gasteiger partial charge in [0.05, 0.1) is 26.4 Å². The zero-order chi connectivity index (χ0) is 76.0. The number of rotatable bonds is 74. The summed E-state index contributed by atoms with van der Waals surface area (Å²) >= 11 is 0. The summed E-state index contributed by atoms with van der Waals surface area (Å²) < 4.78 is 68.6. The largest absolute Gasteiger partial charge is 0.472 e. The second-order valence-electron chi connectivity index (χ2n) is 26.2. The van der Waals surface area contributed by atoms with Crippen LogP contribution in [0, 0.1) is 0 Å². The minimum atomic E-state index is -5.00. The Balaban J connectivity index is 5.45. The van der Waals surface area contributed by atoms with Crippen LogP contribution < -0.4 is 0 Å². The number of unbranched alkanes of at least 4 members (excludes halogenated alkanes) is 24. The lowest BCUT2D eigenvalue weighted by atomic mass is 10.1. The molecule has 0 aromatic heterocycles. The van der Waals surface area contributed by atoms with Gasteiger partial charge in [-0.1, -0.05) is 263 Å². The first-order chi connectivity index (χ1) is 50.7. The van der Waals surface area contributed by atoms with Gasteiger partial charge in [0.25, 0.3) is 0 Å². The minimum absolute atomic E-state index is 0.0562. The highest BCUT2D eigenvalue weighted by molar-refractivity contribution is 7.47. The Kier molecular flexibility index (Phi) is 72.4. The van der Waals surface area contributed by atoms with Crippen molar-refractivity contribution < 1.29 is 80.2 Å². The molecular weight excluding hydrogens is 1350 g/mol. The molecule has 0 aromatic rings. The second-order valence-corrected chi connectivity index (χ2v) is 29.1. The summed E-state index contributed by atoms with van der Waals surface area (Å²) in [5, 5.41) is 10.6. The Morgan fingerprint density at radius 3 is 0.769 bits per heavy atom. The van der Waals surface area contributed by atoms with E-state index < -0.39 is 97.5 Å². The maximum Gasteiger partial charge on any atom is 0.472 e. The molecule has 104 heavy (non-hydrogen) atoms. The van der Waals surface area contributed by atoms with Crippen LogP contribution in [-0.4, -0.2) is 96.7 Å². The zero-order valence-electron chi connectivity index (χ0n) is 64.9. The molecule has 0 aromatic carbocycles. The number of aliphatic hydroxyl groups excluding tert-OH is 1. The number of phosphoric ester groups is 2. The third-order valence-electron chi connectivity index (χ3n) is 16.3. The minimum Gasteiger partial charge on any atom is -0.462 e. The molecule has 0 heterocycles. The van der Waals surface area contributed by atoms with Crippen LogP contribution in [0.1, 0.15) is 310 Å². The molecule has 0 amide bonds. The van der Waals surface area contributed by atoms with E-state index in [0.717, 1.165) is 193 Å². The highest BCUT2D eigenvalue weighted by Crippen LogP contribution is 2.45. The maximum absolute atomic E-state index is 13.1. The maximum atomic E-state index is 13.1. The number of ether oxygens (including phenoxy) is 4. The Labute approximate surface area is 630 Å². The summed E-state index contributed by atoms with van der Waals surface area (Å²) in [4.78, 5) is 73.1. The van der Waals surface area contributed by atoms with E-state index in [1.54, 1.807) is 0 Å². The van der Waals surface area contributed by atoms with Gasteiger partial charge in [-0.25, -0.2) is 9.13 Å². The third-order valence-corrected chi connectivity index (χ3v) is 18.2. The van der Waals surface area contributed by atoms with E-state index in [1.165, 1.54) is 38.5 Å². The third kappa shape index (κ3) is 75.2. The van der Waals surface area contributed by atoms with Gasteiger partial charge in [0.2, 0.25) is 0 Å². The van der Waals surface area contributed by atoms with Gasteiger partial charge in [-0.05, 0) is 167 Å². The molecule has 5 atom stereocenters. The van der Waals surface area contributed by atoms with Crippen LogP contribution in [0.25, 0.3) is 0 Å². The van der Waals surface area contributed by atoms with Gasteiger partial charge in [0, 0.05) is 25.7 Å². The molecule has 0 fully saturated rings. The number of carbonyl (C=O) groups is 4. The lowest BCUT2D eigenvalue weighted by Crippen LogP contribution is -2.30. The van der Waals surface area contributed by atoms with Gasteiger partial charge in [0.15, 0.2) is 12.2 Å². The van der Waals surface area contributed by atoms with Gasteiger partial charge >= 0.3 is 39.5 Å². The lowest BCUT2D eigenvalue weighted by Gasteiger charge is -2.21. The number of phosphoric acid groups is 2. The van der Waals surface area contributed by atoms with E-state index in [1.807, 2.05) is 0 Å². The monoisotopic (exact) mass is 1500 g/mol. The van der Waals surface area contributed by atoms with Crippen molar-refractivity contribution in [2.75, 3.05) is 39.6 Å². The molecule has 0 bridgehead atoms. The molecule has 3 N–H and O–H groups in total. The molecule has 0 aliphatic rings. The first-order valence-corrected chi connectivity index (χ1v) is 43.1. The zero-order valence-corrected chi connectivity index (χ0v) is 66.7. The van der Waals surface area contributed by atoms with Gasteiger partial charge in [0.1, 0.15) is 19.3 Å². The predicted molar refractivity (Wildman–Crippen MR) is 427 cm³/mol. The van der Waals surface area contributed by atoms with Crippen molar-refractivity contribution in [1.29, 1.82) is 0 Å². The van der Waals surface area contributed by atoms with E-state index >= 15 is 0 Å². The van der Waals surface area contributed by atoms with E-state index in [4.69, 9.17) is 37.0 Å². The lowest BCUT2D eigenvalue weighted by molar-refractivity contribution is -0.161. The highest BCUT2D eigenvalue weighted by atomic mass is 31.2. The molecule has 0 saturated carbocycles. The van der Waals surface area contributed by atoms with Crippen LogP contribution in [0.4, 0.5) is 0 Å². The van der Waals surface area contributed by atoms with Crippen LogP contribution in [-0.2, 0) is 65.4 Å². The van der Waals surface area contributed by atoms with Crippen LogP contribution in [0.5, 0.6) is 0 Å². The van der Waals surface area contributed by atoms with E-state index in [2.05, 4.69) is 174 Å². The summed E-state index contributed by atoms with van der Waals surface area (Å²) in [5.41, 5.74) is 0. The summed E-state index contributed by atoms with van der Waals surface area (Å²) in [7, 11) is -9.99. The topological polar surface area (TPSA) is 237 Å². The first-order valence-electron chi connectivity index (χ1n) is 40.1. The SMILES string of the molecule is CC/C=C\C/C=C\C/C=C\C/C=C\CCCCCCC(=O)OCC(COP(=O)(O)OCC(O)COP(=O)(O)OCC(COC(=O)CCCCCCC/C=C\C/C=C\CCCCC)OC(=O)CCCCCCC/C=C\C/C=C\CCCCC)OC(=O)CCCCCC/C=C\C/C=C\C/C=C\C/C=C\CC. The molecule has 19 heteroatoms. The highest BCUT2D eigenvalue weighted by Gasteiger charge is 2.30. The quantitative estimate of drug-likeness (QED) is 0.0169. The van der Waals surface area contributed by atoms with Crippen molar-refractivity contribution in [2.45, 2.75) is 329 Å². The fraction of sp³-hybridized carbons (Fsp3) is 0.671. The van der Waals surface area contributed by atoms with Crippen molar-refractivity contribution >= 4 is 39.5 Å². The van der Waals surface area contributed by atoms with Gasteiger partial charge in [-0.2, -0.15) is 0 Å². The number of carbonyl (C=O) groups excluding carboxylic acids is 4. The molecule has 594 valence electrons. The molecule has 5 unspecified atom stereocenters. The smallest absolute Gasteiger partial charge is 0.462 e. The number of esters is 4. The van der Waals surface area contributed by atoms with Crippen molar-refractivity contribution in [3.63, 3.8) is 0 Å². The molecule has 0 radical (unpaired) electrons. The number of aliphatic hydroxyl groups is 1. The molecule has 0 saturated heterocycles. The predicted octanol–water partition coefficient (Wildman–Crippen LogP) is 23.4. The summed E-state index contributed by atoms with van der Waals surface area (Å²) in [6.45, 7) is 4.51. The number of hydrogen-bond acceptors (Lipinski definition) is 15. The van der Waals surface area contributed by atoms with Crippen molar-refractivity contribution in [2.24, 2.45) is 0 Å². The van der Waals surface area contributed by atoms with Crippen molar-refractivity contribution in [1.82, 2.24) is 0 Å². The van der Waals surface area contributed by atoms with Crippen LogP contribution in [0.2, 0.25) is 0 Å². The molecule has 0 aliphatic carbocycles. The van der Waals surface area contributed by atoms with Crippen LogP contribution in [0.3, 0.4) is 0 Å². The van der Waals surface area contributed by atoms with E-state index in [-0.39, 0.29) is 25.7 Å². The van der Waals surface area contributed by atoms with E-state index in [9.17, 15) is 43.2 Å². The standard InChI is InChI=1S/C85H142O17P2/c1-5-9-13-17-21-25-29-33-37-39-43-46-50-54-58-62-66-70-83(88)96-76-81(102-85(90)72-68-64-60-56-52-48-44-40-38-34-30-26-22-18-14-10-6-2)78-100-104(93,94)98-74-79(86)73-97-103(91,92)99-77-80(101-84(89)71-67-63-59-55-51-47-42-36-32-28-24-20-16-12-8-4)75-95-82(87)69-65-61-57-53-49-45-41-35-31-27-23-19-15-11-7-3/h9-10,13-14,21-28,33-38,41-44,46,48,79-81,86H,5-8,11-12,15-20,29-32,39-40,45,47,49-78H2,1-4H3,(H,91,92)(H,93,94)/b13-9-,14-10-,25-21-,26-22-,27-23-,28-24-,37-33-,38-34-,41-35-,42-36-,46-43-,48-44-.